The van der Waals surface area contributed by atoms with E-state index in [1.54, 1.807) is 39.2 Å². The van der Waals surface area contributed by atoms with E-state index in [0.29, 0.717) is 11.3 Å². The van der Waals surface area contributed by atoms with Crippen LogP contribution in [0.3, 0.4) is 0 Å². The van der Waals surface area contributed by atoms with Crippen molar-refractivity contribution in [3.8, 4) is 0 Å². The molecule has 2 heterocycles. The highest BCUT2D eigenvalue weighted by molar-refractivity contribution is 6.04. The maximum Gasteiger partial charge on any atom is 0.411 e. The van der Waals surface area contributed by atoms with E-state index in [2.05, 4.69) is 31.1 Å². The highest BCUT2D eigenvalue weighted by Gasteiger charge is 2.43. The first-order chi connectivity index (χ1) is 19.8. The monoisotopic (exact) mass is 578 g/mol. The number of anilines is 1. The molecule has 2 unspecified atom stereocenters. The van der Waals surface area contributed by atoms with Gasteiger partial charge in [0.05, 0.1) is 13.2 Å². The molecule has 1 saturated carbocycles. The Labute approximate surface area is 250 Å². The zero-order valence-corrected chi connectivity index (χ0v) is 25.9. The summed E-state index contributed by atoms with van der Waals surface area (Å²) in [6, 6.07) is 9.35. The van der Waals surface area contributed by atoms with Crippen molar-refractivity contribution in [3.05, 3.63) is 59.9 Å². The molecule has 42 heavy (non-hydrogen) atoms. The molecule has 0 spiro atoms. The predicted octanol–water partition coefficient (Wildman–Crippen LogP) is 5.54. The summed E-state index contributed by atoms with van der Waals surface area (Å²) in [5.41, 5.74) is 1.40. The van der Waals surface area contributed by atoms with Crippen molar-refractivity contribution in [1.82, 2.24) is 15.2 Å². The maximum atomic E-state index is 14.7. The average molecular weight is 579 g/mol. The van der Waals surface area contributed by atoms with E-state index in [-0.39, 0.29) is 37.1 Å². The van der Waals surface area contributed by atoms with Gasteiger partial charge >= 0.3 is 6.09 Å². The van der Waals surface area contributed by atoms with Crippen LogP contribution >= 0.6 is 0 Å². The summed E-state index contributed by atoms with van der Waals surface area (Å²) in [4.78, 5) is 49.3. The lowest BCUT2D eigenvalue weighted by Gasteiger charge is -2.40. The Balaban J connectivity index is 1.79. The molecule has 0 bridgehead atoms. The van der Waals surface area contributed by atoms with Gasteiger partial charge in [0, 0.05) is 36.2 Å². The van der Waals surface area contributed by atoms with Gasteiger partial charge < -0.3 is 14.8 Å². The normalized spacial score (nSPS) is 19.1. The lowest BCUT2D eigenvalue weighted by molar-refractivity contribution is -0.133. The number of rotatable bonds is 6. The second-order valence-electron chi connectivity index (χ2n) is 13.3. The van der Waals surface area contributed by atoms with Crippen LogP contribution in [-0.2, 0) is 24.5 Å². The summed E-state index contributed by atoms with van der Waals surface area (Å²) < 4.78 is 11.4. The molecule has 0 radical (unpaired) electrons. The lowest BCUT2D eigenvalue weighted by Crippen LogP contribution is -2.59. The van der Waals surface area contributed by atoms with Crippen LogP contribution in [0.25, 0.3) is 0 Å². The molecule has 1 aliphatic heterocycles. The van der Waals surface area contributed by atoms with Crippen molar-refractivity contribution < 1.29 is 23.9 Å². The Morgan fingerprint density at radius 2 is 1.71 bits per heavy atom. The molecule has 1 saturated heterocycles. The van der Waals surface area contributed by atoms with E-state index >= 15 is 0 Å². The largest absolute Gasteiger partial charge is 0.444 e. The molecule has 1 aromatic heterocycles. The van der Waals surface area contributed by atoms with Gasteiger partial charge in [0.25, 0.3) is 5.91 Å². The molecule has 2 aromatic rings. The molecular formula is C33H46N4O5. The number of nitrogens with zero attached hydrogens (tertiary/aromatic N) is 3. The quantitative estimate of drug-likeness (QED) is 0.483. The van der Waals surface area contributed by atoms with E-state index in [4.69, 9.17) is 9.47 Å². The lowest BCUT2D eigenvalue weighted by atomic mass is 9.87. The van der Waals surface area contributed by atoms with E-state index in [0.717, 1.165) is 37.7 Å². The number of benzene rings is 1. The van der Waals surface area contributed by atoms with Crippen molar-refractivity contribution in [1.29, 1.82) is 0 Å². The number of hydrogen-bond acceptors (Lipinski definition) is 6. The number of aromatic nitrogens is 1. The number of morpholine rings is 1. The summed E-state index contributed by atoms with van der Waals surface area (Å²) in [6.07, 6.45) is 7.77. The van der Waals surface area contributed by atoms with Crippen LogP contribution in [0.4, 0.5) is 10.5 Å². The minimum Gasteiger partial charge on any atom is -0.444 e. The molecule has 9 nitrogen and oxygen atoms in total. The Morgan fingerprint density at radius 3 is 2.31 bits per heavy atom. The van der Waals surface area contributed by atoms with Crippen LogP contribution in [0, 0.1) is 0 Å². The van der Waals surface area contributed by atoms with E-state index in [1.807, 2.05) is 30.3 Å². The molecule has 1 N–H and O–H groups in total. The van der Waals surface area contributed by atoms with Crippen LogP contribution in [0.1, 0.15) is 90.8 Å². The van der Waals surface area contributed by atoms with E-state index < -0.39 is 29.7 Å². The standard InChI is InChI=1S/C33H46N4O5/c1-32(2,3)24-14-16-26(17-15-24)37(30(39)27-22-41-20-19-36(27)31(40)42-33(4,5)6)28(23-11-10-18-34-21-23)29(38)35-25-12-8-7-9-13-25/h10-11,14-18,21,25,27-28H,7-9,12-13,19-20,22H2,1-6H3,(H,35,38). The molecule has 1 aliphatic carbocycles. The number of carbonyl (C=O) groups excluding carboxylic acids is 3. The van der Waals surface area contributed by atoms with Crippen LogP contribution < -0.4 is 10.2 Å². The van der Waals surface area contributed by atoms with Crippen LogP contribution in [0.15, 0.2) is 48.8 Å². The second-order valence-corrected chi connectivity index (χ2v) is 13.3. The van der Waals surface area contributed by atoms with Gasteiger partial charge in [-0.2, -0.15) is 0 Å². The third-order valence-electron chi connectivity index (χ3n) is 7.75. The van der Waals surface area contributed by atoms with Crippen molar-refractivity contribution in [2.24, 2.45) is 0 Å². The second kappa shape index (κ2) is 13.2. The fourth-order valence-electron chi connectivity index (χ4n) is 5.52. The van der Waals surface area contributed by atoms with Gasteiger partial charge in [0.1, 0.15) is 17.7 Å². The van der Waals surface area contributed by atoms with Gasteiger partial charge in [0.2, 0.25) is 5.91 Å². The summed E-state index contributed by atoms with van der Waals surface area (Å²) in [6.45, 7) is 12.2. The van der Waals surface area contributed by atoms with Crippen LogP contribution in [0.2, 0.25) is 0 Å². The molecule has 2 aliphatic rings. The Kier molecular flexibility index (Phi) is 9.92. The predicted molar refractivity (Wildman–Crippen MR) is 162 cm³/mol. The van der Waals surface area contributed by atoms with Crippen molar-refractivity contribution >= 4 is 23.6 Å². The number of nitrogens with one attached hydrogen (secondary N) is 1. The molecule has 3 amide bonds. The number of ether oxygens (including phenoxy) is 2. The topological polar surface area (TPSA) is 101 Å². The van der Waals surface area contributed by atoms with Crippen LogP contribution in [0.5, 0.6) is 0 Å². The Morgan fingerprint density at radius 1 is 1.02 bits per heavy atom. The van der Waals surface area contributed by atoms with E-state index in [9.17, 15) is 14.4 Å². The van der Waals surface area contributed by atoms with Crippen molar-refractivity contribution in [2.75, 3.05) is 24.7 Å². The molecule has 4 rings (SSSR count). The van der Waals surface area contributed by atoms with Gasteiger partial charge in [-0.3, -0.25) is 24.4 Å². The fraction of sp³-hybridized carbons (Fsp3) is 0.576. The highest BCUT2D eigenvalue weighted by atomic mass is 16.6. The number of carbonyl (C=O) groups is 3. The third kappa shape index (κ3) is 7.88. The zero-order valence-electron chi connectivity index (χ0n) is 25.9. The highest BCUT2D eigenvalue weighted by Crippen LogP contribution is 2.33. The molecule has 228 valence electrons. The summed E-state index contributed by atoms with van der Waals surface area (Å²) in [5, 5.41) is 3.23. The first-order valence-electron chi connectivity index (χ1n) is 15.1. The zero-order chi connectivity index (χ0) is 30.5. The minimum absolute atomic E-state index is 0.00133. The van der Waals surface area contributed by atoms with Gasteiger partial charge in [-0.1, -0.05) is 58.2 Å². The smallest absolute Gasteiger partial charge is 0.411 e. The van der Waals surface area contributed by atoms with Gasteiger partial charge in [0.15, 0.2) is 0 Å². The molecule has 2 fully saturated rings. The van der Waals surface area contributed by atoms with Gasteiger partial charge in [-0.25, -0.2) is 4.79 Å². The third-order valence-corrected chi connectivity index (χ3v) is 7.75. The SMILES string of the molecule is CC(C)(C)OC(=O)N1CCOCC1C(=O)N(c1ccc(C(C)(C)C)cc1)C(C(=O)NC1CCCCC1)c1cccnc1. The summed E-state index contributed by atoms with van der Waals surface area (Å²) in [5.74, 6) is -0.694. The number of hydrogen-bond donors (Lipinski definition) is 1. The summed E-state index contributed by atoms with van der Waals surface area (Å²) >= 11 is 0. The first-order valence-corrected chi connectivity index (χ1v) is 15.1. The van der Waals surface area contributed by atoms with E-state index in [1.165, 1.54) is 9.80 Å². The molecule has 1 aromatic carbocycles. The molecule has 9 heteroatoms. The Bertz CT molecular complexity index is 1210. The molecule has 2 atom stereocenters. The first kappa shape index (κ1) is 31.5. The summed E-state index contributed by atoms with van der Waals surface area (Å²) in [7, 11) is 0. The maximum absolute atomic E-state index is 14.7. The van der Waals surface area contributed by atoms with Crippen molar-refractivity contribution in [3.63, 3.8) is 0 Å². The number of pyridine rings is 1. The Hall–Kier alpha value is -3.46. The minimum atomic E-state index is -1.00. The van der Waals surface area contributed by atoms with Crippen LogP contribution in [-0.4, -0.2) is 65.2 Å². The fourth-order valence-corrected chi connectivity index (χ4v) is 5.52. The number of amides is 3. The molecular weight excluding hydrogens is 532 g/mol. The van der Waals surface area contributed by atoms with Crippen molar-refractivity contribution in [2.45, 2.75) is 103 Å². The van der Waals surface area contributed by atoms with Gasteiger partial charge in [-0.15, -0.1) is 0 Å². The van der Waals surface area contributed by atoms with Gasteiger partial charge in [-0.05, 0) is 62.8 Å². The average Bonchev–Trinajstić information content (AvgIpc) is 2.95.